The fraction of sp³-hybridized carbons (Fsp3) is 0.500. The largest absolute Gasteiger partial charge is 0.466 e. The Morgan fingerprint density at radius 2 is 2.14 bits per heavy atom. The van der Waals surface area contributed by atoms with Crippen LogP contribution in [0, 0.1) is 19.8 Å². The molecule has 5 heteroatoms. The van der Waals surface area contributed by atoms with Gasteiger partial charge in [-0.1, -0.05) is 0 Å². The summed E-state index contributed by atoms with van der Waals surface area (Å²) < 4.78 is 7.44. The number of likely N-dealkylation sites (tertiary alicyclic amines) is 1. The van der Waals surface area contributed by atoms with Gasteiger partial charge in [-0.3, -0.25) is 9.48 Å². The molecular weight excluding hydrogens is 266 g/mol. The summed E-state index contributed by atoms with van der Waals surface area (Å²) in [6, 6.07) is 3.79. The number of rotatable bonds is 3. The molecule has 0 radical (unpaired) electrons. The van der Waals surface area contributed by atoms with Crippen LogP contribution in [0.2, 0.25) is 0 Å². The summed E-state index contributed by atoms with van der Waals surface area (Å²) in [6.07, 6.45) is 5.86. The molecule has 5 nitrogen and oxygen atoms in total. The van der Waals surface area contributed by atoms with Gasteiger partial charge in [-0.15, -0.1) is 0 Å². The molecule has 1 amide bonds. The summed E-state index contributed by atoms with van der Waals surface area (Å²) in [7, 11) is 0. The summed E-state index contributed by atoms with van der Waals surface area (Å²) in [4.78, 5) is 14.4. The lowest BCUT2D eigenvalue weighted by atomic mass is 9.96. The number of carbonyl (C=O) groups excluding carboxylic acids is 1. The molecule has 0 spiro atoms. The molecule has 21 heavy (non-hydrogen) atoms. The maximum Gasteiger partial charge on any atom is 0.257 e. The minimum Gasteiger partial charge on any atom is -0.466 e. The molecule has 0 unspecified atom stereocenters. The second kappa shape index (κ2) is 5.76. The van der Waals surface area contributed by atoms with Crippen LogP contribution in [0.3, 0.4) is 0 Å². The molecule has 0 atom stereocenters. The van der Waals surface area contributed by atoms with E-state index in [2.05, 4.69) is 5.10 Å². The van der Waals surface area contributed by atoms with Crippen molar-refractivity contribution < 1.29 is 9.21 Å². The van der Waals surface area contributed by atoms with Gasteiger partial charge in [0, 0.05) is 32.0 Å². The van der Waals surface area contributed by atoms with Gasteiger partial charge >= 0.3 is 0 Å². The highest BCUT2D eigenvalue weighted by Crippen LogP contribution is 2.22. The molecule has 112 valence electrons. The molecule has 2 aromatic heterocycles. The van der Waals surface area contributed by atoms with E-state index in [4.69, 9.17) is 4.42 Å². The molecule has 0 aromatic carbocycles. The number of furan rings is 1. The maximum atomic E-state index is 12.5. The number of aromatic nitrogens is 2. The van der Waals surface area contributed by atoms with Crippen molar-refractivity contribution in [3.8, 4) is 0 Å². The third-order valence-corrected chi connectivity index (χ3v) is 4.18. The lowest BCUT2D eigenvalue weighted by Crippen LogP contribution is -2.39. The van der Waals surface area contributed by atoms with E-state index in [0.29, 0.717) is 11.5 Å². The van der Waals surface area contributed by atoms with Gasteiger partial charge in [-0.05, 0) is 44.7 Å². The second-order valence-electron chi connectivity index (χ2n) is 5.79. The minimum atomic E-state index is 0.0990. The third-order valence-electron chi connectivity index (χ3n) is 4.18. The van der Waals surface area contributed by atoms with Crippen LogP contribution in [0.25, 0.3) is 0 Å². The normalized spacial score (nSPS) is 16.4. The van der Waals surface area contributed by atoms with Gasteiger partial charge in [0.2, 0.25) is 0 Å². The van der Waals surface area contributed by atoms with E-state index >= 15 is 0 Å². The first kappa shape index (κ1) is 13.9. The Labute approximate surface area is 124 Å². The first-order valence-electron chi connectivity index (χ1n) is 7.47. The van der Waals surface area contributed by atoms with Gasteiger partial charge < -0.3 is 9.32 Å². The summed E-state index contributed by atoms with van der Waals surface area (Å²) in [5.41, 5.74) is 0.707. The lowest BCUT2D eigenvalue weighted by Gasteiger charge is -2.31. The molecule has 1 aliphatic rings. The highest BCUT2D eigenvalue weighted by atomic mass is 16.3. The van der Waals surface area contributed by atoms with Crippen molar-refractivity contribution >= 4 is 5.91 Å². The number of hydrogen-bond acceptors (Lipinski definition) is 3. The van der Waals surface area contributed by atoms with E-state index in [1.807, 2.05) is 48.0 Å². The predicted octanol–water partition coefficient (Wildman–Crippen LogP) is 2.65. The van der Waals surface area contributed by atoms with Crippen molar-refractivity contribution in [2.45, 2.75) is 33.2 Å². The number of amides is 1. The monoisotopic (exact) mass is 287 g/mol. The molecule has 1 fully saturated rings. The Morgan fingerprint density at radius 1 is 1.38 bits per heavy atom. The van der Waals surface area contributed by atoms with Crippen molar-refractivity contribution in [3.63, 3.8) is 0 Å². The Hall–Kier alpha value is -2.04. The van der Waals surface area contributed by atoms with Crippen molar-refractivity contribution in [1.29, 1.82) is 0 Å². The topological polar surface area (TPSA) is 51.3 Å². The first-order chi connectivity index (χ1) is 10.1. The average Bonchev–Trinajstić information content (AvgIpc) is 3.08. The molecule has 1 aliphatic heterocycles. The molecule has 3 heterocycles. The van der Waals surface area contributed by atoms with E-state index in [0.717, 1.165) is 44.0 Å². The fourth-order valence-electron chi connectivity index (χ4n) is 3.01. The van der Waals surface area contributed by atoms with Gasteiger partial charge in [-0.25, -0.2) is 0 Å². The van der Waals surface area contributed by atoms with E-state index < -0.39 is 0 Å². The number of carbonyl (C=O) groups is 1. The average molecular weight is 287 g/mol. The highest BCUT2D eigenvalue weighted by molar-refractivity contribution is 5.95. The van der Waals surface area contributed by atoms with E-state index in [-0.39, 0.29) is 5.91 Å². The quantitative estimate of drug-likeness (QED) is 0.872. The summed E-state index contributed by atoms with van der Waals surface area (Å²) in [5.74, 6) is 2.21. The Morgan fingerprint density at radius 3 is 2.71 bits per heavy atom. The number of aryl methyl sites for hydroxylation is 2. The zero-order valence-corrected chi connectivity index (χ0v) is 12.6. The molecule has 2 aromatic rings. The number of nitrogens with zero attached hydrogens (tertiary/aromatic N) is 3. The van der Waals surface area contributed by atoms with Gasteiger partial charge in [0.25, 0.3) is 5.91 Å². The smallest absolute Gasteiger partial charge is 0.257 e. The number of hydrogen-bond donors (Lipinski definition) is 0. The first-order valence-corrected chi connectivity index (χ1v) is 7.47. The van der Waals surface area contributed by atoms with Crippen molar-refractivity contribution in [2.24, 2.45) is 5.92 Å². The Balaban J connectivity index is 1.58. The Kier molecular flexibility index (Phi) is 3.82. The molecule has 1 saturated heterocycles. The van der Waals surface area contributed by atoms with E-state index in [1.165, 1.54) is 0 Å². The maximum absolute atomic E-state index is 12.5. The summed E-state index contributed by atoms with van der Waals surface area (Å²) in [5, 5.41) is 4.25. The molecule has 0 bridgehead atoms. The predicted molar refractivity (Wildman–Crippen MR) is 79.0 cm³/mol. The minimum absolute atomic E-state index is 0.0990. The Bertz CT molecular complexity index is 608. The second-order valence-corrected chi connectivity index (χ2v) is 5.79. The molecule has 0 saturated carbocycles. The van der Waals surface area contributed by atoms with Crippen LogP contribution in [0.1, 0.15) is 34.7 Å². The van der Waals surface area contributed by atoms with Crippen LogP contribution in [0.4, 0.5) is 0 Å². The van der Waals surface area contributed by atoms with Crippen LogP contribution in [0.15, 0.2) is 28.9 Å². The third kappa shape index (κ3) is 3.01. The van der Waals surface area contributed by atoms with Gasteiger partial charge in [0.05, 0.1) is 5.56 Å². The zero-order valence-electron chi connectivity index (χ0n) is 12.6. The van der Waals surface area contributed by atoms with Crippen LogP contribution >= 0.6 is 0 Å². The van der Waals surface area contributed by atoms with Gasteiger partial charge in [-0.2, -0.15) is 5.10 Å². The zero-order chi connectivity index (χ0) is 14.8. The standard InChI is InChI=1S/C16H21N3O2/c1-12-10-15(13(2)21-12)16(20)18-8-4-14(5-9-18)11-19-7-3-6-17-19/h3,6-7,10,14H,4-5,8-9,11H2,1-2H3. The molecule has 3 rings (SSSR count). The van der Waals surface area contributed by atoms with Gasteiger partial charge in [0.1, 0.15) is 11.5 Å². The van der Waals surface area contributed by atoms with Crippen molar-refractivity contribution in [1.82, 2.24) is 14.7 Å². The van der Waals surface area contributed by atoms with Crippen molar-refractivity contribution in [3.05, 3.63) is 41.6 Å². The van der Waals surface area contributed by atoms with E-state index in [9.17, 15) is 4.79 Å². The SMILES string of the molecule is Cc1cc(C(=O)N2CCC(Cn3cccn3)CC2)c(C)o1. The van der Waals surface area contributed by atoms with Gasteiger partial charge in [0.15, 0.2) is 0 Å². The highest BCUT2D eigenvalue weighted by Gasteiger charge is 2.26. The fourth-order valence-corrected chi connectivity index (χ4v) is 3.01. The molecule has 0 N–H and O–H groups in total. The van der Waals surface area contributed by atoms with Crippen LogP contribution < -0.4 is 0 Å². The van der Waals surface area contributed by atoms with Crippen LogP contribution in [-0.2, 0) is 6.54 Å². The van der Waals surface area contributed by atoms with Crippen LogP contribution in [0.5, 0.6) is 0 Å². The molecular formula is C16H21N3O2. The van der Waals surface area contributed by atoms with Crippen molar-refractivity contribution in [2.75, 3.05) is 13.1 Å². The number of piperidine rings is 1. The summed E-state index contributed by atoms with van der Waals surface area (Å²) in [6.45, 7) is 6.30. The summed E-state index contributed by atoms with van der Waals surface area (Å²) >= 11 is 0. The van der Waals surface area contributed by atoms with E-state index in [1.54, 1.807) is 0 Å². The van der Waals surface area contributed by atoms with Crippen LogP contribution in [-0.4, -0.2) is 33.7 Å². The molecule has 0 aliphatic carbocycles. The lowest BCUT2D eigenvalue weighted by molar-refractivity contribution is 0.0679.